The van der Waals surface area contributed by atoms with Gasteiger partial charge in [-0.25, -0.2) is 0 Å². The van der Waals surface area contributed by atoms with Crippen molar-refractivity contribution in [1.82, 2.24) is 0 Å². The summed E-state index contributed by atoms with van der Waals surface area (Å²) in [5.74, 6) is 1.35. The average Bonchev–Trinajstić information content (AvgIpc) is 3.26. The van der Waals surface area contributed by atoms with Crippen molar-refractivity contribution in [2.45, 2.75) is 18.3 Å². The summed E-state index contributed by atoms with van der Waals surface area (Å²) in [5, 5.41) is 11.9. The number of anilines is 1. The van der Waals surface area contributed by atoms with Crippen LogP contribution in [0.15, 0.2) is 42.5 Å². The molecule has 1 aliphatic heterocycles. The maximum Gasteiger partial charge on any atom is 0.235 e. The van der Waals surface area contributed by atoms with E-state index in [9.17, 15) is 4.79 Å². The first-order valence-corrected chi connectivity index (χ1v) is 7.43. The van der Waals surface area contributed by atoms with Gasteiger partial charge in [0, 0.05) is 5.69 Å². The molecular formula is C18H14N2O3. The van der Waals surface area contributed by atoms with Crippen LogP contribution in [0.4, 0.5) is 5.69 Å². The summed E-state index contributed by atoms with van der Waals surface area (Å²) < 4.78 is 10.7. The third-order valence-corrected chi connectivity index (χ3v) is 4.36. The number of carbonyl (C=O) groups excluding carboxylic acids is 1. The molecule has 0 aromatic heterocycles. The predicted octanol–water partition coefficient (Wildman–Crippen LogP) is 2.96. The summed E-state index contributed by atoms with van der Waals surface area (Å²) in [4.78, 5) is 12.7. The summed E-state index contributed by atoms with van der Waals surface area (Å²) >= 11 is 0. The molecule has 0 radical (unpaired) electrons. The Hall–Kier alpha value is -3.00. The largest absolute Gasteiger partial charge is 0.454 e. The van der Waals surface area contributed by atoms with E-state index in [1.54, 1.807) is 24.3 Å². The van der Waals surface area contributed by atoms with E-state index >= 15 is 0 Å². The van der Waals surface area contributed by atoms with Crippen LogP contribution < -0.4 is 14.8 Å². The normalized spacial score (nSPS) is 16.5. The summed E-state index contributed by atoms with van der Waals surface area (Å²) in [6, 6.07) is 14.7. The van der Waals surface area contributed by atoms with Gasteiger partial charge in [-0.1, -0.05) is 12.1 Å². The van der Waals surface area contributed by atoms with Crippen LogP contribution in [0, 0.1) is 11.3 Å². The van der Waals surface area contributed by atoms with E-state index in [0.717, 1.165) is 18.4 Å². The van der Waals surface area contributed by atoms with E-state index in [1.165, 1.54) is 0 Å². The number of fused-ring (bicyclic) bond motifs is 1. The highest BCUT2D eigenvalue weighted by Gasteiger charge is 2.51. The van der Waals surface area contributed by atoms with E-state index in [-0.39, 0.29) is 12.7 Å². The van der Waals surface area contributed by atoms with Crippen molar-refractivity contribution < 1.29 is 14.3 Å². The first kappa shape index (κ1) is 13.6. The zero-order valence-electron chi connectivity index (χ0n) is 12.3. The van der Waals surface area contributed by atoms with Gasteiger partial charge in [-0.15, -0.1) is 0 Å². The predicted molar refractivity (Wildman–Crippen MR) is 83.3 cm³/mol. The van der Waals surface area contributed by atoms with Crippen molar-refractivity contribution in [1.29, 1.82) is 5.26 Å². The quantitative estimate of drug-likeness (QED) is 0.946. The maximum absolute atomic E-state index is 12.7. The third-order valence-electron chi connectivity index (χ3n) is 4.36. The number of amides is 1. The Balaban J connectivity index is 1.59. The van der Waals surface area contributed by atoms with Crippen LogP contribution in [0.25, 0.3) is 0 Å². The molecule has 23 heavy (non-hydrogen) atoms. The van der Waals surface area contributed by atoms with Gasteiger partial charge in [0.2, 0.25) is 12.7 Å². The standard InChI is InChI=1S/C18H14N2O3/c19-10-12-2-1-3-14(8-12)20-17(21)18(6-7-18)13-4-5-15-16(9-13)23-11-22-15/h1-5,8-9H,6-7,11H2,(H,20,21). The van der Waals surface area contributed by atoms with Crippen molar-refractivity contribution in [3.05, 3.63) is 53.6 Å². The minimum Gasteiger partial charge on any atom is -0.454 e. The van der Waals surface area contributed by atoms with E-state index < -0.39 is 5.41 Å². The lowest BCUT2D eigenvalue weighted by atomic mass is 9.94. The molecule has 0 atom stereocenters. The topological polar surface area (TPSA) is 71.4 Å². The molecule has 1 amide bonds. The van der Waals surface area contributed by atoms with Crippen molar-refractivity contribution in [3.63, 3.8) is 0 Å². The highest BCUT2D eigenvalue weighted by Crippen LogP contribution is 2.51. The van der Waals surface area contributed by atoms with Gasteiger partial charge in [0.05, 0.1) is 17.0 Å². The summed E-state index contributed by atoms with van der Waals surface area (Å²) in [7, 11) is 0. The summed E-state index contributed by atoms with van der Waals surface area (Å²) in [6.07, 6.45) is 1.60. The second-order valence-electron chi connectivity index (χ2n) is 5.80. The zero-order valence-corrected chi connectivity index (χ0v) is 12.3. The Kier molecular flexibility index (Phi) is 2.98. The van der Waals surface area contributed by atoms with Gasteiger partial charge < -0.3 is 14.8 Å². The number of nitriles is 1. The molecule has 1 fully saturated rings. The minimum atomic E-state index is -0.510. The van der Waals surface area contributed by atoms with E-state index in [0.29, 0.717) is 22.7 Å². The molecule has 1 aliphatic carbocycles. The van der Waals surface area contributed by atoms with Crippen LogP contribution in [0.3, 0.4) is 0 Å². The fourth-order valence-corrected chi connectivity index (χ4v) is 2.88. The van der Waals surface area contributed by atoms with E-state index in [1.807, 2.05) is 18.2 Å². The number of benzene rings is 2. The van der Waals surface area contributed by atoms with Crippen LogP contribution in [0.5, 0.6) is 11.5 Å². The zero-order chi connectivity index (χ0) is 15.9. The van der Waals surface area contributed by atoms with E-state index in [2.05, 4.69) is 11.4 Å². The number of nitrogens with zero attached hydrogens (tertiary/aromatic N) is 1. The fourth-order valence-electron chi connectivity index (χ4n) is 2.88. The lowest BCUT2D eigenvalue weighted by Gasteiger charge is -2.16. The molecule has 2 aliphatic rings. The second kappa shape index (κ2) is 5.03. The third kappa shape index (κ3) is 2.29. The molecule has 5 nitrogen and oxygen atoms in total. The van der Waals surface area contributed by atoms with Gasteiger partial charge in [0.1, 0.15) is 0 Å². The Labute approximate surface area is 133 Å². The Bertz CT molecular complexity index is 834. The monoisotopic (exact) mass is 306 g/mol. The molecule has 1 saturated carbocycles. The van der Waals surface area contributed by atoms with Crippen molar-refractivity contribution in [2.24, 2.45) is 0 Å². The van der Waals surface area contributed by atoms with Crippen molar-refractivity contribution in [3.8, 4) is 17.6 Å². The summed E-state index contributed by atoms with van der Waals surface area (Å²) in [5.41, 5.74) is 1.59. The molecular weight excluding hydrogens is 292 g/mol. The number of rotatable bonds is 3. The molecule has 2 aromatic rings. The number of hydrogen-bond acceptors (Lipinski definition) is 4. The number of carbonyl (C=O) groups is 1. The Morgan fingerprint density at radius 2 is 1.96 bits per heavy atom. The lowest BCUT2D eigenvalue weighted by molar-refractivity contribution is -0.118. The molecule has 1 heterocycles. The fraction of sp³-hybridized carbons (Fsp3) is 0.222. The molecule has 2 aromatic carbocycles. The molecule has 114 valence electrons. The molecule has 0 bridgehead atoms. The van der Waals surface area contributed by atoms with Gasteiger partial charge >= 0.3 is 0 Å². The van der Waals surface area contributed by atoms with Crippen molar-refractivity contribution in [2.75, 3.05) is 12.1 Å². The van der Waals surface area contributed by atoms with Gasteiger partial charge in [-0.2, -0.15) is 5.26 Å². The van der Waals surface area contributed by atoms with Gasteiger partial charge in [0.15, 0.2) is 11.5 Å². The van der Waals surface area contributed by atoms with Crippen LogP contribution >= 0.6 is 0 Å². The number of ether oxygens (including phenoxy) is 2. The van der Waals surface area contributed by atoms with Crippen LogP contribution in [0.2, 0.25) is 0 Å². The maximum atomic E-state index is 12.7. The molecule has 4 rings (SSSR count). The van der Waals surface area contributed by atoms with Gasteiger partial charge in [0.25, 0.3) is 0 Å². The first-order chi connectivity index (χ1) is 11.2. The highest BCUT2D eigenvalue weighted by atomic mass is 16.7. The van der Waals surface area contributed by atoms with Gasteiger partial charge in [-0.3, -0.25) is 4.79 Å². The molecule has 1 N–H and O–H groups in total. The highest BCUT2D eigenvalue weighted by molar-refractivity contribution is 6.01. The minimum absolute atomic E-state index is 0.0496. The molecule has 5 heteroatoms. The van der Waals surface area contributed by atoms with Crippen LogP contribution in [-0.2, 0) is 10.2 Å². The molecule has 0 saturated heterocycles. The van der Waals surface area contributed by atoms with Gasteiger partial charge in [-0.05, 0) is 48.7 Å². The van der Waals surface area contributed by atoms with Crippen molar-refractivity contribution >= 4 is 11.6 Å². The number of nitrogens with one attached hydrogen (secondary N) is 1. The second-order valence-corrected chi connectivity index (χ2v) is 5.80. The van der Waals surface area contributed by atoms with E-state index in [4.69, 9.17) is 14.7 Å². The van der Waals surface area contributed by atoms with Crippen LogP contribution in [0.1, 0.15) is 24.0 Å². The molecule has 0 spiro atoms. The first-order valence-electron chi connectivity index (χ1n) is 7.43. The smallest absolute Gasteiger partial charge is 0.235 e. The summed E-state index contributed by atoms with van der Waals surface area (Å²) in [6.45, 7) is 0.221. The molecule has 0 unspecified atom stereocenters. The Morgan fingerprint density at radius 1 is 1.13 bits per heavy atom. The SMILES string of the molecule is N#Cc1cccc(NC(=O)C2(c3ccc4c(c3)OCO4)CC2)c1. The number of hydrogen-bond donors (Lipinski definition) is 1. The average molecular weight is 306 g/mol. The van der Waals surface area contributed by atoms with Crippen LogP contribution in [-0.4, -0.2) is 12.7 Å². The Morgan fingerprint density at radius 3 is 2.74 bits per heavy atom. The lowest BCUT2D eigenvalue weighted by Crippen LogP contribution is -2.27.